The van der Waals surface area contributed by atoms with Gasteiger partial charge in [-0.25, -0.2) is 0 Å². The summed E-state index contributed by atoms with van der Waals surface area (Å²) < 4.78 is 0. The first-order valence-electron chi connectivity index (χ1n) is 7.73. The third-order valence-electron chi connectivity index (χ3n) is 3.67. The molecule has 120 valence electrons. The Labute approximate surface area is 139 Å². The van der Waals surface area contributed by atoms with Crippen LogP contribution in [0, 0.1) is 0 Å². The molecule has 0 radical (unpaired) electrons. The van der Waals surface area contributed by atoms with Gasteiger partial charge in [-0.05, 0) is 36.1 Å². The van der Waals surface area contributed by atoms with Crippen LogP contribution in [-0.4, -0.2) is 33.1 Å². The van der Waals surface area contributed by atoms with Crippen LogP contribution in [0.3, 0.4) is 0 Å². The van der Waals surface area contributed by atoms with Crippen LogP contribution in [0.15, 0.2) is 42.5 Å². The summed E-state index contributed by atoms with van der Waals surface area (Å²) in [6, 6.07) is 13.9. The Morgan fingerprint density at radius 1 is 1.00 bits per heavy atom. The molecule has 0 aliphatic heterocycles. The number of benzene rings is 2. The molecule has 1 amide bonds. The maximum Gasteiger partial charge on any atom is 0.251 e. The van der Waals surface area contributed by atoms with Crippen LogP contribution in [0.1, 0.15) is 29.6 Å². The van der Waals surface area contributed by atoms with Crippen LogP contribution in [-0.2, 0) is 0 Å². The molecule has 2 aromatic rings. The van der Waals surface area contributed by atoms with E-state index in [4.69, 9.17) is 0 Å². The molecule has 0 saturated heterocycles. The van der Waals surface area contributed by atoms with Crippen molar-refractivity contribution in [1.29, 1.82) is 0 Å². The summed E-state index contributed by atoms with van der Waals surface area (Å²) in [5, 5.41) is 5.17. The van der Waals surface area contributed by atoms with Crippen LogP contribution >= 0.6 is 0 Å². The Morgan fingerprint density at radius 2 is 1.73 bits per heavy atom. The van der Waals surface area contributed by atoms with Crippen LogP contribution < -0.4 is 22.6 Å². The van der Waals surface area contributed by atoms with Gasteiger partial charge in [0.15, 0.2) is 0 Å². The van der Waals surface area contributed by atoms with Gasteiger partial charge in [0, 0.05) is 12.1 Å². The van der Waals surface area contributed by atoms with Gasteiger partial charge < -0.3 is 22.6 Å². The molecule has 0 unspecified atom stereocenters. The summed E-state index contributed by atoms with van der Waals surface area (Å²) in [7, 11) is 4.34. The smallest absolute Gasteiger partial charge is 0.251 e. The van der Waals surface area contributed by atoms with E-state index < -0.39 is 0 Å². The van der Waals surface area contributed by atoms with Gasteiger partial charge in [-0.15, -0.1) is 0 Å². The molecule has 2 aromatic carbocycles. The zero-order chi connectivity index (χ0) is 15.1. The van der Waals surface area contributed by atoms with Gasteiger partial charge in [0.2, 0.25) is 0 Å². The molecule has 22 heavy (non-hydrogen) atoms. The molecular formula is C18H25ClN2O. The summed E-state index contributed by atoms with van der Waals surface area (Å²) in [6.45, 7) is 1.95. The Bertz CT molecular complexity index is 593. The van der Waals surface area contributed by atoms with Gasteiger partial charge in [-0.2, -0.15) is 0 Å². The second kappa shape index (κ2) is 9.44. The molecule has 0 aliphatic rings. The SMILES string of the molecule is C[NH+](C)CCCCCNC(=O)c1cccc2ccccc12.[Cl-]. The van der Waals surface area contributed by atoms with Crippen molar-refractivity contribution in [3.05, 3.63) is 48.0 Å². The Morgan fingerprint density at radius 3 is 2.50 bits per heavy atom. The number of unbranched alkanes of at least 4 members (excludes halogenated alkanes) is 2. The molecule has 0 bridgehead atoms. The highest BCUT2D eigenvalue weighted by Gasteiger charge is 2.08. The lowest BCUT2D eigenvalue weighted by molar-refractivity contribution is -0.858. The van der Waals surface area contributed by atoms with E-state index in [1.807, 2.05) is 42.5 Å². The number of amides is 1. The summed E-state index contributed by atoms with van der Waals surface area (Å²) in [4.78, 5) is 13.8. The second-order valence-corrected chi connectivity index (χ2v) is 5.80. The monoisotopic (exact) mass is 320 g/mol. The van der Waals surface area contributed by atoms with Crippen molar-refractivity contribution in [3.63, 3.8) is 0 Å². The average molecular weight is 321 g/mol. The summed E-state index contributed by atoms with van der Waals surface area (Å²) >= 11 is 0. The number of carbonyl (C=O) groups excluding carboxylic acids is 1. The predicted octanol–water partition coefficient (Wildman–Crippen LogP) is -1.11. The van der Waals surface area contributed by atoms with Crippen molar-refractivity contribution in [3.8, 4) is 0 Å². The molecule has 0 aliphatic carbocycles. The Balaban J connectivity index is 0.00000242. The highest BCUT2D eigenvalue weighted by atomic mass is 35.5. The van der Waals surface area contributed by atoms with E-state index >= 15 is 0 Å². The first-order valence-corrected chi connectivity index (χ1v) is 7.73. The molecular weight excluding hydrogens is 296 g/mol. The number of hydrogen-bond donors (Lipinski definition) is 2. The zero-order valence-corrected chi connectivity index (χ0v) is 14.1. The molecule has 0 atom stereocenters. The van der Waals surface area contributed by atoms with Gasteiger partial charge in [0.05, 0.1) is 20.6 Å². The van der Waals surface area contributed by atoms with E-state index in [1.165, 1.54) is 24.3 Å². The van der Waals surface area contributed by atoms with Crippen LogP contribution in [0.4, 0.5) is 0 Å². The number of quaternary nitrogens is 1. The van der Waals surface area contributed by atoms with E-state index in [0.717, 1.165) is 29.3 Å². The predicted molar refractivity (Wildman–Crippen MR) is 87.8 cm³/mol. The van der Waals surface area contributed by atoms with Crippen molar-refractivity contribution >= 4 is 16.7 Å². The fraction of sp³-hybridized carbons (Fsp3) is 0.389. The highest BCUT2D eigenvalue weighted by Crippen LogP contribution is 2.18. The summed E-state index contributed by atoms with van der Waals surface area (Å²) in [6.07, 6.45) is 3.43. The minimum Gasteiger partial charge on any atom is -1.00 e. The van der Waals surface area contributed by atoms with Gasteiger partial charge in [-0.3, -0.25) is 4.79 Å². The molecule has 2 rings (SSSR count). The maximum atomic E-state index is 12.3. The highest BCUT2D eigenvalue weighted by molar-refractivity contribution is 6.06. The Hall–Kier alpha value is -1.58. The molecule has 3 nitrogen and oxygen atoms in total. The molecule has 0 aromatic heterocycles. The second-order valence-electron chi connectivity index (χ2n) is 5.80. The van der Waals surface area contributed by atoms with E-state index in [9.17, 15) is 4.79 Å². The van der Waals surface area contributed by atoms with Gasteiger partial charge >= 0.3 is 0 Å². The largest absolute Gasteiger partial charge is 1.00 e. The van der Waals surface area contributed by atoms with E-state index in [0.29, 0.717) is 0 Å². The number of rotatable bonds is 7. The van der Waals surface area contributed by atoms with E-state index in [1.54, 1.807) is 0 Å². The first kappa shape index (κ1) is 18.5. The fourth-order valence-corrected chi connectivity index (χ4v) is 2.50. The number of hydrogen-bond acceptors (Lipinski definition) is 1. The topological polar surface area (TPSA) is 33.5 Å². The van der Waals surface area contributed by atoms with Gasteiger partial charge in [0.1, 0.15) is 0 Å². The minimum absolute atomic E-state index is 0. The van der Waals surface area contributed by atoms with Crippen molar-refractivity contribution in [2.24, 2.45) is 0 Å². The van der Waals surface area contributed by atoms with Crippen molar-refractivity contribution in [1.82, 2.24) is 5.32 Å². The van der Waals surface area contributed by atoms with E-state index in [-0.39, 0.29) is 18.3 Å². The van der Waals surface area contributed by atoms with Crippen molar-refractivity contribution in [2.45, 2.75) is 19.3 Å². The average Bonchev–Trinajstić information content (AvgIpc) is 2.49. The zero-order valence-electron chi connectivity index (χ0n) is 13.4. The quantitative estimate of drug-likeness (QED) is 0.623. The molecule has 4 heteroatoms. The van der Waals surface area contributed by atoms with E-state index in [2.05, 4.69) is 19.4 Å². The maximum absolute atomic E-state index is 12.3. The Kier molecular flexibility index (Phi) is 7.92. The lowest BCUT2D eigenvalue weighted by Crippen LogP contribution is -3.05. The lowest BCUT2D eigenvalue weighted by Gasteiger charge is -2.09. The molecule has 0 heterocycles. The summed E-state index contributed by atoms with van der Waals surface area (Å²) in [5.74, 6) is 0.0324. The summed E-state index contributed by atoms with van der Waals surface area (Å²) in [5.41, 5.74) is 0.769. The van der Waals surface area contributed by atoms with Crippen molar-refractivity contribution < 1.29 is 22.1 Å². The van der Waals surface area contributed by atoms with Crippen LogP contribution in [0.25, 0.3) is 10.8 Å². The standard InChI is InChI=1S/C18H24N2O.ClH/c1-20(2)14-7-3-6-13-19-18(21)17-12-8-10-15-9-4-5-11-16(15)17;/h4-5,8-12H,3,6-7,13-14H2,1-2H3,(H,19,21);1H. The normalized spacial score (nSPS) is 10.5. The third-order valence-corrected chi connectivity index (χ3v) is 3.67. The minimum atomic E-state index is 0. The molecule has 0 spiro atoms. The number of halogens is 1. The fourth-order valence-electron chi connectivity index (χ4n) is 2.50. The van der Waals surface area contributed by atoms with Gasteiger partial charge in [-0.1, -0.05) is 36.4 Å². The van der Waals surface area contributed by atoms with Gasteiger partial charge in [0.25, 0.3) is 5.91 Å². The number of carbonyl (C=O) groups is 1. The number of nitrogens with one attached hydrogen (secondary N) is 2. The first-order chi connectivity index (χ1) is 10.2. The van der Waals surface area contributed by atoms with Crippen LogP contribution in [0.2, 0.25) is 0 Å². The molecule has 2 N–H and O–H groups in total. The van der Waals surface area contributed by atoms with Crippen LogP contribution in [0.5, 0.6) is 0 Å². The molecule has 0 fully saturated rings. The molecule has 0 saturated carbocycles. The third kappa shape index (κ3) is 5.32. The number of fused-ring (bicyclic) bond motifs is 1. The van der Waals surface area contributed by atoms with Crippen molar-refractivity contribution in [2.75, 3.05) is 27.2 Å². The lowest BCUT2D eigenvalue weighted by atomic mass is 10.0.